The highest BCUT2D eigenvalue weighted by molar-refractivity contribution is 5.88. The maximum absolute atomic E-state index is 14.1. The summed E-state index contributed by atoms with van der Waals surface area (Å²) in [6.07, 6.45) is 0.455. The molecule has 1 aliphatic heterocycles. The minimum atomic E-state index is -0.931. The Morgan fingerprint density at radius 1 is 1.25 bits per heavy atom. The van der Waals surface area contributed by atoms with Gasteiger partial charge in [0.1, 0.15) is 5.82 Å². The van der Waals surface area contributed by atoms with E-state index in [0.717, 1.165) is 28.5 Å². The zero-order valence-electron chi connectivity index (χ0n) is 17.8. The number of para-hydroxylation sites is 1. The predicted octanol–water partition coefficient (Wildman–Crippen LogP) is 2.20. The molecule has 9 heteroatoms. The van der Waals surface area contributed by atoms with Crippen LogP contribution in [0.1, 0.15) is 23.4 Å². The van der Waals surface area contributed by atoms with Crippen LogP contribution in [0.3, 0.4) is 0 Å². The second kappa shape index (κ2) is 9.44. The number of amides is 2. The van der Waals surface area contributed by atoms with Gasteiger partial charge in [-0.15, -0.1) is 0 Å². The number of rotatable bonds is 7. The fraction of sp³-hybridized carbons (Fsp3) is 0.348. The lowest BCUT2D eigenvalue weighted by Gasteiger charge is -2.34. The Morgan fingerprint density at radius 3 is 2.88 bits per heavy atom. The van der Waals surface area contributed by atoms with E-state index in [2.05, 4.69) is 20.6 Å². The number of fused-ring (bicyclic) bond motifs is 1. The molecule has 1 fully saturated rings. The molecule has 1 atom stereocenters. The lowest BCUT2D eigenvalue weighted by molar-refractivity contribution is -0.134. The number of nitrogens with zero attached hydrogens (tertiary/aromatic N) is 2. The third-order valence-corrected chi connectivity index (χ3v) is 5.67. The van der Waals surface area contributed by atoms with Crippen molar-refractivity contribution in [1.82, 2.24) is 25.5 Å². The van der Waals surface area contributed by atoms with E-state index < -0.39 is 17.7 Å². The van der Waals surface area contributed by atoms with E-state index in [1.165, 1.54) is 12.1 Å². The van der Waals surface area contributed by atoms with Crippen LogP contribution < -0.4 is 10.6 Å². The van der Waals surface area contributed by atoms with E-state index in [1.807, 2.05) is 25.1 Å². The van der Waals surface area contributed by atoms with Gasteiger partial charge < -0.3 is 15.6 Å². The molecule has 0 spiro atoms. The van der Waals surface area contributed by atoms with Crippen molar-refractivity contribution in [2.75, 3.05) is 19.6 Å². The summed E-state index contributed by atoms with van der Waals surface area (Å²) in [5.41, 5.74) is 3.09. The number of piperazine rings is 1. The number of hydrogen-bond donors (Lipinski definition) is 3. The average Bonchev–Trinajstić information content (AvgIpc) is 3.18. The van der Waals surface area contributed by atoms with Crippen LogP contribution in [0.2, 0.25) is 0 Å². The number of aryl methyl sites for hydroxylation is 1. The number of halogens is 2. The summed E-state index contributed by atoms with van der Waals surface area (Å²) >= 11 is 0. The van der Waals surface area contributed by atoms with E-state index in [4.69, 9.17) is 0 Å². The summed E-state index contributed by atoms with van der Waals surface area (Å²) < 4.78 is 27.6. The van der Waals surface area contributed by atoms with Crippen LogP contribution in [-0.4, -0.2) is 52.4 Å². The molecular formula is C23H25F2N5O2. The molecule has 0 saturated carbocycles. The molecule has 0 aliphatic carbocycles. The van der Waals surface area contributed by atoms with Crippen LogP contribution in [0.25, 0.3) is 11.0 Å². The van der Waals surface area contributed by atoms with Crippen molar-refractivity contribution in [2.45, 2.75) is 32.4 Å². The molecule has 4 rings (SSSR count). The Kier molecular flexibility index (Phi) is 6.45. The largest absolute Gasteiger partial charge is 0.356 e. The van der Waals surface area contributed by atoms with Crippen LogP contribution in [0.15, 0.2) is 36.4 Å². The maximum Gasteiger partial charge on any atom is 0.237 e. The number of carbonyl (C=O) groups is 2. The Hall–Kier alpha value is -3.33. The summed E-state index contributed by atoms with van der Waals surface area (Å²) in [6.45, 7) is 3.24. The van der Waals surface area contributed by atoms with E-state index in [9.17, 15) is 18.4 Å². The fourth-order valence-corrected chi connectivity index (χ4v) is 3.98. The summed E-state index contributed by atoms with van der Waals surface area (Å²) in [5, 5.41) is 5.56. The first-order chi connectivity index (χ1) is 15.4. The normalized spacial score (nSPS) is 16.8. The van der Waals surface area contributed by atoms with Crippen molar-refractivity contribution in [3.8, 4) is 0 Å². The molecule has 0 unspecified atom stereocenters. The van der Waals surface area contributed by atoms with Crippen molar-refractivity contribution in [3.05, 3.63) is 65.0 Å². The van der Waals surface area contributed by atoms with Crippen molar-refractivity contribution >= 4 is 22.8 Å². The Labute approximate surface area is 184 Å². The molecule has 32 heavy (non-hydrogen) atoms. The van der Waals surface area contributed by atoms with Crippen molar-refractivity contribution < 1.29 is 18.4 Å². The third kappa shape index (κ3) is 4.77. The zero-order chi connectivity index (χ0) is 22.7. The molecule has 0 bridgehead atoms. The average molecular weight is 441 g/mol. The molecule has 2 aromatic carbocycles. The zero-order valence-corrected chi connectivity index (χ0v) is 17.8. The van der Waals surface area contributed by atoms with Crippen molar-refractivity contribution in [3.63, 3.8) is 0 Å². The molecule has 1 aliphatic rings. The van der Waals surface area contributed by atoms with Gasteiger partial charge in [0.05, 0.1) is 23.5 Å². The highest BCUT2D eigenvalue weighted by Crippen LogP contribution is 2.18. The van der Waals surface area contributed by atoms with Crippen LogP contribution >= 0.6 is 0 Å². The molecule has 2 amide bonds. The predicted molar refractivity (Wildman–Crippen MR) is 116 cm³/mol. The van der Waals surface area contributed by atoms with Gasteiger partial charge >= 0.3 is 0 Å². The second-order valence-corrected chi connectivity index (χ2v) is 7.95. The van der Waals surface area contributed by atoms with Crippen molar-refractivity contribution in [2.24, 2.45) is 0 Å². The standard InChI is InChI=1S/C23H25F2N5O2/c1-14-4-2-7-17-22(14)29-19(28-17)8-9-26-20(31)12-18-23(32)27-10-11-30(18)13-15-5-3-6-16(24)21(15)25/h2-7,18H,8-13H2,1H3,(H,26,31)(H,27,32)(H,28,29)/t18-/m0/s1. The Bertz CT molecular complexity index is 1150. The molecule has 7 nitrogen and oxygen atoms in total. The molecule has 0 radical (unpaired) electrons. The monoisotopic (exact) mass is 441 g/mol. The lowest BCUT2D eigenvalue weighted by atomic mass is 10.1. The summed E-state index contributed by atoms with van der Waals surface area (Å²) in [6, 6.07) is 9.12. The quantitative estimate of drug-likeness (QED) is 0.524. The molecule has 3 aromatic rings. The van der Waals surface area contributed by atoms with E-state index >= 15 is 0 Å². The molecule has 1 aromatic heterocycles. The number of imidazole rings is 1. The topological polar surface area (TPSA) is 90.1 Å². The highest BCUT2D eigenvalue weighted by atomic mass is 19.2. The van der Waals surface area contributed by atoms with Crippen LogP contribution in [-0.2, 0) is 22.6 Å². The van der Waals surface area contributed by atoms with Crippen LogP contribution in [0, 0.1) is 18.6 Å². The first-order valence-electron chi connectivity index (χ1n) is 10.6. The summed E-state index contributed by atoms with van der Waals surface area (Å²) in [4.78, 5) is 34.4. The maximum atomic E-state index is 14.1. The number of carbonyl (C=O) groups excluding carboxylic acids is 2. The number of hydrogen-bond acceptors (Lipinski definition) is 4. The molecule has 168 valence electrons. The minimum absolute atomic E-state index is 0.0489. The third-order valence-electron chi connectivity index (χ3n) is 5.67. The smallest absolute Gasteiger partial charge is 0.237 e. The second-order valence-electron chi connectivity index (χ2n) is 7.95. The van der Waals surface area contributed by atoms with Gasteiger partial charge in [0, 0.05) is 38.2 Å². The first-order valence-corrected chi connectivity index (χ1v) is 10.6. The molecule has 2 heterocycles. The van der Waals surface area contributed by atoms with Gasteiger partial charge in [-0.1, -0.05) is 24.3 Å². The summed E-state index contributed by atoms with van der Waals surface area (Å²) in [7, 11) is 0. The number of aromatic amines is 1. The van der Waals surface area contributed by atoms with Gasteiger partial charge in [-0.2, -0.15) is 0 Å². The minimum Gasteiger partial charge on any atom is -0.356 e. The van der Waals surface area contributed by atoms with Gasteiger partial charge in [-0.05, 0) is 24.6 Å². The van der Waals surface area contributed by atoms with Gasteiger partial charge in [0.2, 0.25) is 11.8 Å². The molecule has 3 N–H and O–H groups in total. The van der Waals surface area contributed by atoms with E-state index in [0.29, 0.717) is 26.1 Å². The SMILES string of the molecule is Cc1cccc2[nH]c(CCNC(=O)C[C@H]3C(=O)NCCN3Cc3cccc(F)c3F)nc12. The highest BCUT2D eigenvalue weighted by Gasteiger charge is 2.32. The number of aromatic nitrogens is 2. The van der Waals surface area contributed by atoms with Gasteiger partial charge in [-0.3, -0.25) is 14.5 Å². The van der Waals surface area contributed by atoms with Crippen LogP contribution in [0.4, 0.5) is 8.78 Å². The van der Waals surface area contributed by atoms with Gasteiger partial charge in [-0.25, -0.2) is 13.8 Å². The summed E-state index contributed by atoms with van der Waals surface area (Å²) in [5.74, 6) is -1.67. The van der Waals surface area contributed by atoms with E-state index in [1.54, 1.807) is 4.90 Å². The number of nitrogens with one attached hydrogen (secondary N) is 3. The molecule has 1 saturated heterocycles. The molecular weight excluding hydrogens is 416 g/mol. The number of benzene rings is 2. The Morgan fingerprint density at radius 2 is 2.06 bits per heavy atom. The fourth-order valence-electron chi connectivity index (χ4n) is 3.98. The van der Waals surface area contributed by atoms with Gasteiger partial charge in [0.15, 0.2) is 11.6 Å². The van der Waals surface area contributed by atoms with Crippen molar-refractivity contribution in [1.29, 1.82) is 0 Å². The van der Waals surface area contributed by atoms with Crippen LogP contribution in [0.5, 0.6) is 0 Å². The Balaban J connectivity index is 1.35. The number of H-pyrrole nitrogens is 1. The van der Waals surface area contributed by atoms with Gasteiger partial charge in [0.25, 0.3) is 0 Å². The first kappa shape index (κ1) is 21.9. The lowest BCUT2D eigenvalue weighted by Crippen LogP contribution is -2.56. The van der Waals surface area contributed by atoms with E-state index in [-0.39, 0.29) is 30.3 Å².